The van der Waals surface area contributed by atoms with Gasteiger partial charge in [0.05, 0.1) is 18.2 Å². The molecule has 1 rings (SSSR count). The fourth-order valence-corrected chi connectivity index (χ4v) is 1.50. The molecular formula is C12H17N3O. The summed E-state index contributed by atoms with van der Waals surface area (Å²) in [6.07, 6.45) is 2.41. The van der Waals surface area contributed by atoms with Crippen molar-refractivity contribution in [1.29, 1.82) is 5.26 Å². The Labute approximate surface area is 95.9 Å². The number of nitrogens with one attached hydrogen (secondary N) is 1. The molecule has 0 radical (unpaired) electrons. The van der Waals surface area contributed by atoms with Crippen LogP contribution in [0.2, 0.25) is 0 Å². The molecular weight excluding hydrogens is 202 g/mol. The molecule has 4 nitrogen and oxygen atoms in total. The average molecular weight is 219 g/mol. The Kier molecular flexibility index (Phi) is 4.74. The van der Waals surface area contributed by atoms with Crippen molar-refractivity contribution in [2.45, 2.75) is 26.3 Å². The highest BCUT2D eigenvalue weighted by Gasteiger charge is 2.09. The minimum absolute atomic E-state index is 0.0143. The highest BCUT2D eigenvalue weighted by atomic mass is 16.3. The van der Waals surface area contributed by atoms with Crippen LogP contribution in [-0.2, 0) is 0 Å². The molecule has 0 aromatic carbocycles. The molecule has 0 aliphatic heterocycles. The van der Waals surface area contributed by atoms with Crippen molar-refractivity contribution in [3.63, 3.8) is 0 Å². The van der Waals surface area contributed by atoms with Gasteiger partial charge >= 0.3 is 0 Å². The highest BCUT2D eigenvalue weighted by Crippen LogP contribution is 2.11. The molecule has 1 atom stereocenters. The van der Waals surface area contributed by atoms with E-state index in [1.54, 1.807) is 12.1 Å². The summed E-state index contributed by atoms with van der Waals surface area (Å²) in [7, 11) is 0. The Morgan fingerprint density at radius 2 is 2.25 bits per heavy atom. The Balaban J connectivity index is 2.60. The van der Waals surface area contributed by atoms with Crippen LogP contribution in [0.25, 0.3) is 0 Å². The van der Waals surface area contributed by atoms with Gasteiger partial charge < -0.3 is 10.4 Å². The van der Waals surface area contributed by atoms with Crippen molar-refractivity contribution in [2.24, 2.45) is 5.92 Å². The number of aliphatic hydroxyl groups excluding tert-OH is 1. The third-order valence-corrected chi connectivity index (χ3v) is 2.22. The summed E-state index contributed by atoms with van der Waals surface area (Å²) in [5, 5.41) is 21.0. The van der Waals surface area contributed by atoms with Crippen LogP contribution >= 0.6 is 0 Å². The van der Waals surface area contributed by atoms with E-state index in [-0.39, 0.29) is 12.6 Å². The summed E-state index contributed by atoms with van der Waals surface area (Å²) in [6, 6.07) is 5.49. The van der Waals surface area contributed by atoms with Crippen molar-refractivity contribution < 1.29 is 5.11 Å². The van der Waals surface area contributed by atoms with Gasteiger partial charge in [0, 0.05) is 6.20 Å². The first-order valence-corrected chi connectivity index (χ1v) is 5.39. The number of anilines is 1. The molecule has 2 N–H and O–H groups in total. The number of pyridine rings is 1. The van der Waals surface area contributed by atoms with Crippen LogP contribution in [0.5, 0.6) is 0 Å². The first kappa shape index (κ1) is 12.5. The topological polar surface area (TPSA) is 68.9 Å². The summed E-state index contributed by atoms with van der Waals surface area (Å²) in [4.78, 5) is 4.10. The maximum atomic E-state index is 9.19. The summed E-state index contributed by atoms with van der Waals surface area (Å²) in [5.41, 5.74) is 0.537. The van der Waals surface area contributed by atoms with Gasteiger partial charge in [0.15, 0.2) is 0 Å². The molecule has 0 spiro atoms. The second-order valence-corrected chi connectivity index (χ2v) is 4.20. The van der Waals surface area contributed by atoms with Gasteiger partial charge in [-0.15, -0.1) is 0 Å². The molecule has 0 aliphatic carbocycles. The highest BCUT2D eigenvalue weighted by molar-refractivity contribution is 5.39. The van der Waals surface area contributed by atoms with E-state index in [1.165, 1.54) is 6.20 Å². The van der Waals surface area contributed by atoms with Crippen molar-refractivity contribution in [1.82, 2.24) is 4.98 Å². The summed E-state index contributed by atoms with van der Waals surface area (Å²) in [5.74, 6) is 1.21. The Morgan fingerprint density at radius 3 is 2.69 bits per heavy atom. The number of nitriles is 1. The Bertz CT molecular complexity index is 354. The number of rotatable bonds is 5. The monoisotopic (exact) mass is 219 g/mol. The van der Waals surface area contributed by atoms with E-state index in [1.807, 2.05) is 6.07 Å². The van der Waals surface area contributed by atoms with E-state index in [0.29, 0.717) is 17.3 Å². The summed E-state index contributed by atoms with van der Waals surface area (Å²) >= 11 is 0. The third kappa shape index (κ3) is 3.87. The van der Waals surface area contributed by atoms with Crippen molar-refractivity contribution >= 4 is 5.82 Å². The molecule has 0 saturated carbocycles. The predicted octanol–water partition coefficient (Wildman–Crippen LogP) is 1.77. The zero-order chi connectivity index (χ0) is 12.0. The van der Waals surface area contributed by atoms with Crippen molar-refractivity contribution in [2.75, 3.05) is 11.9 Å². The molecule has 0 bridgehead atoms. The van der Waals surface area contributed by atoms with Gasteiger partial charge in [-0.2, -0.15) is 5.26 Å². The fourth-order valence-electron chi connectivity index (χ4n) is 1.50. The van der Waals surface area contributed by atoms with Crippen LogP contribution in [0.15, 0.2) is 18.3 Å². The smallest absolute Gasteiger partial charge is 0.126 e. The SMILES string of the molecule is CC(C)CC(CO)Nc1ccc(C#N)cn1. The van der Waals surface area contributed by atoms with Crippen LogP contribution in [0.3, 0.4) is 0 Å². The van der Waals surface area contributed by atoms with Crippen LogP contribution in [0, 0.1) is 17.2 Å². The van der Waals surface area contributed by atoms with E-state index in [2.05, 4.69) is 24.1 Å². The molecule has 1 heterocycles. The summed E-state index contributed by atoms with van der Waals surface area (Å²) < 4.78 is 0. The van der Waals surface area contributed by atoms with E-state index in [9.17, 15) is 5.11 Å². The number of aliphatic hydroxyl groups is 1. The molecule has 0 saturated heterocycles. The lowest BCUT2D eigenvalue weighted by molar-refractivity contribution is 0.259. The van der Waals surface area contributed by atoms with Gasteiger partial charge in [0.2, 0.25) is 0 Å². The second-order valence-electron chi connectivity index (χ2n) is 4.20. The molecule has 1 unspecified atom stereocenters. The van der Waals surface area contributed by atoms with Crippen LogP contribution in [-0.4, -0.2) is 22.7 Å². The normalized spacial score (nSPS) is 12.2. The molecule has 4 heteroatoms. The van der Waals surface area contributed by atoms with Crippen LogP contribution in [0.4, 0.5) is 5.82 Å². The van der Waals surface area contributed by atoms with Gasteiger partial charge in [-0.05, 0) is 24.5 Å². The first-order chi connectivity index (χ1) is 7.65. The lowest BCUT2D eigenvalue weighted by Gasteiger charge is -2.18. The predicted molar refractivity (Wildman–Crippen MR) is 62.9 cm³/mol. The Hall–Kier alpha value is -1.60. The zero-order valence-electron chi connectivity index (χ0n) is 9.64. The maximum absolute atomic E-state index is 9.19. The van der Waals surface area contributed by atoms with Gasteiger partial charge in [-0.25, -0.2) is 4.98 Å². The van der Waals surface area contributed by atoms with Crippen molar-refractivity contribution in [3.05, 3.63) is 23.9 Å². The van der Waals surface area contributed by atoms with E-state index in [4.69, 9.17) is 5.26 Å². The molecule has 0 aliphatic rings. The largest absolute Gasteiger partial charge is 0.394 e. The molecule has 0 fully saturated rings. The average Bonchev–Trinajstić information content (AvgIpc) is 2.28. The minimum Gasteiger partial charge on any atom is -0.394 e. The van der Waals surface area contributed by atoms with E-state index < -0.39 is 0 Å². The quantitative estimate of drug-likeness (QED) is 0.792. The first-order valence-electron chi connectivity index (χ1n) is 5.39. The fraction of sp³-hybridized carbons (Fsp3) is 0.500. The molecule has 0 amide bonds. The number of hydrogen-bond donors (Lipinski definition) is 2. The van der Waals surface area contributed by atoms with Crippen LogP contribution < -0.4 is 5.32 Å². The third-order valence-electron chi connectivity index (χ3n) is 2.22. The van der Waals surface area contributed by atoms with E-state index in [0.717, 1.165) is 6.42 Å². The van der Waals surface area contributed by atoms with Gasteiger partial charge in [0.25, 0.3) is 0 Å². The molecule has 86 valence electrons. The van der Waals surface area contributed by atoms with Crippen molar-refractivity contribution in [3.8, 4) is 6.07 Å². The zero-order valence-corrected chi connectivity index (χ0v) is 9.64. The van der Waals surface area contributed by atoms with Gasteiger partial charge in [0.1, 0.15) is 11.9 Å². The summed E-state index contributed by atoms with van der Waals surface area (Å²) in [6.45, 7) is 4.30. The van der Waals surface area contributed by atoms with Crippen LogP contribution in [0.1, 0.15) is 25.8 Å². The molecule has 1 aromatic rings. The van der Waals surface area contributed by atoms with E-state index >= 15 is 0 Å². The molecule has 1 aromatic heterocycles. The maximum Gasteiger partial charge on any atom is 0.126 e. The number of aromatic nitrogens is 1. The lowest BCUT2D eigenvalue weighted by Crippen LogP contribution is -2.26. The lowest BCUT2D eigenvalue weighted by atomic mass is 10.0. The second kappa shape index (κ2) is 6.09. The van der Waals surface area contributed by atoms with Gasteiger partial charge in [-0.3, -0.25) is 0 Å². The standard InChI is InChI=1S/C12H17N3O/c1-9(2)5-11(8-16)15-12-4-3-10(6-13)7-14-12/h3-4,7,9,11,16H,5,8H2,1-2H3,(H,14,15). The number of nitrogens with zero attached hydrogens (tertiary/aromatic N) is 2. The Morgan fingerprint density at radius 1 is 1.50 bits per heavy atom. The van der Waals surface area contributed by atoms with Gasteiger partial charge in [-0.1, -0.05) is 13.8 Å². The minimum atomic E-state index is 0.0143. The molecule has 16 heavy (non-hydrogen) atoms. The number of hydrogen-bond acceptors (Lipinski definition) is 4.